The van der Waals surface area contributed by atoms with Crippen molar-refractivity contribution in [1.29, 1.82) is 0 Å². The summed E-state index contributed by atoms with van der Waals surface area (Å²) in [5.74, 6) is 1.08. The second-order valence-electron chi connectivity index (χ2n) is 5.84. The largest absolute Gasteiger partial charge is 0.497 e. The molecule has 0 atom stereocenters. The predicted octanol–water partition coefficient (Wildman–Crippen LogP) is 1.48. The summed E-state index contributed by atoms with van der Waals surface area (Å²) in [4.78, 5) is 12.1. The minimum absolute atomic E-state index is 0.0539. The number of hydrazone groups is 1. The van der Waals surface area contributed by atoms with Gasteiger partial charge >= 0.3 is 0 Å². The van der Waals surface area contributed by atoms with E-state index in [2.05, 4.69) is 10.5 Å². The first-order valence-electron chi connectivity index (χ1n) is 8.46. The zero-order chi connectivity index (χ0) is 21.4. The summed E-state index contributed by atoms with van der Waals surface area (Å²) in [5.41, 5.74) is 2.89. The van der Waals surface area contributed by atoms with Crippen LogP contribution in [0.2, 0.25) is 0 Å². The number of sulfonamides is 1. The molecule has 0 aromatic heterocycles. The Bertz CT molecular complexity index is 974. The van der Waals surface area contributed by atoms with E-state index in [0.29, 0.717) is 22.8 Å². The Morgan fingerprint density at radius 2 is 1.66 bits per heavy atom. The molecule has 0 spiro atoms. The lowest BCUT2D eigenvalue weighted by molar-refractivity contribution is -0.121. The average molecular weight is 421 g/mol. The third-order valence-corrected chi connectivity index (χ3v) is 5.78. The molecule has 0 bridgehead atoms. The monoisotopic (exact) mass is 421 g/mol. The predicted molar refractivity (Wildman–Crippen MR) is 108 cm³/mol. The van der Waals surface area contributed by atoms with E-state index >= 15 is 0 Å². The van der Waals surface area contributed by atoms with Crippen LogP contribution in [-0.2, 0) is 14.8 Å². The highest BCUT2D eigenvalue weighted by atomic mass is 32.2. The summed E-state index contributed by atoms with van der Waals surface area (Å²) in [6.45, 7) is -0.402. The Morgan fingerprint density at radius 1 is 1.03 bits per heavy atom. The molecule has 0 fully saturated rings. The SMILES string of the molecule is COc1ccc(S(=O)(=O)N(C)CC(=O)N/N=C\c2cc(OC)ccc2OC)cc1. The number of nitrogens with zero attached hydrogens (tertiary/aromatic N) is 2. The minimum atomic E-state index is -3.83. The standard InChI is InChI=1S/C19H23N3O6S/c1-22(29(24,25)17-8-5-15(26-2)6-9-17)13-19(23)21-20-12-14-11-16(27-3)7-10-18(14)28-4/h5-12H,13H2,1-4H3,(H,21,23)/b20-12-. The van der Waals surface area contributed by atoms with Crippen LogP contribution in [0.1, 0.15) is 5.56 Å². The molecule has 0 saturated carbocycles. The van der Waals surface area contributed by atoms with Crippen molar-refractivity contribution in [3.63, 3.8) is 0 Å². The maximum atomic E-state index is 12.6. The lowest BCUT2D eigenvalue weighted by Crippen LogP contribution is -2.36. The van der Waals surface area contributed by atoms with Gasteiger partial charge in [-0.1, -0.05) is 0 Å². The van der Waals surface area contributed by atoms with E-state index in [4.69, 9.17) is 14.2 Å². The van der Waals surface area contributed by atoms with Crippen molar-refractivity contribution in [2.24, 2.45) is 5.10 Å². The highest BCUT2D eigenvalue weighted by molar-refractivity contribution is 7.89. The molecule has 0 heterocycles. The first-order chi connectivity index (χ1) is 13.8. The van der Waals surface area contributed by atoms with Crippen LogP contribution < -0.4 is 19.6 Å². The van der Waals surface area contributed by atoms with Crippen LogP contribution in [-0.4, -0.2) is 59.8 Å². The number of methoxy groups -OCH3 is 3. The van der Waals surface area contributed by atoms with Crippen LogP contribution in [0.15, 0.2) is 52.5 Å². The Labute approximate surface area is 169 Å². The number of rotatable bonds is 9. The van der Waals surface area contributed by atoms with Crippen molar-refractivity contribution in [2.45, 2.75) is 4.90 Å². The molecule has 2 aromatic carbocycles. The van der Waals surface area contributed by atoms with E-state index in [-0.39, 0.29) is 4.90 Å². The van der Waals surface area contributed by atoms with Gasteiger partial charge in [0.05, 0.1) is 39.0 Å². The highest BCUT2D eigenvalue weighted by Crippen LogP contribution is 2.22. The molecule has 0 aliphatic rings. The van der Waals surface area contributed by atoms with E-state index < -0.39 is 22.5 Å². The summed E-state index contributed by atoms with van der Waals surface area (Å²) in [6.07, 6.45) is 1.39. The van der Waals surface area contributed by atoms with Crippen LogP contribution in [0.25, 0.3) is 0 Å². The number of likely N-dealkylation sites (N-methyl/N-ethyl adjacent to an activating group) is 1. The second-order valence-corrected chi connectivity index (χ2v) is 7.88. The maximum Gasteiger partial charge on any atom is 0.255 e. The van der Waals surface area contributed by atoms with Gasteiger partial charge in [-0.15, -0.1) is 0 Å². The fourth-order valence-corrected chi connectivity index (χ4v) is 3.49. The van der Waals surface area contributed by atoms with Gasteiger partial charge in [0.1, 0.15) is 17.2 Å². The number of ether oxygens (including phenoxy) is 3. The fraction of sp³-hybridized carbons (Fsp3) is 0.263. The van der Waals surface area contributed by atoms with E-state index in [0.717, 1.165) is 4.31 Å². The zero-order valence-electron chi connectivity index (χ0n) is 16.6. The molecule has 29 heavy (non-hydrogen) atoms. The molecule has 9 nitrogen and oxygen atoms in total. The molecular weight excluding hydrogens is 398 g/mol. The third-order valence-electron chi connectivity index (χ3n) is 3.96. The summed E-state index contributed by atoms with van der Waals surface area (Å²) < 4.78 is 41.4. The number of amides is 1. The molecule has 0 unspecified atom stereocenters. The van der Waals surface area contributed by atoms with E-state index in [1.165, 1.54) is 58.9 Å². The number of hydrogen-bond acceptors (Lipinski definition) is 7. The lowest BCUT2D eigenvalue weighted by Gasteiger charge is -2.16. The number of nitrogens with one attached hydrogen (secondary N) is 1. The summed E-state index contributed by atoms with van der Waals surface area (Å²) in [5, 5.41) is 3.86. The van der Waals surface area contributed by atoms with Crippen LogP contribution in [0, 0.1) is 0 Å². The third kappa shape index (κ3) is 5.69. The van der Waals surface area contributed by atoms with Gasteiger partial charge in [0.2, 0.25) is 10.0 Å². The van der Waals surface area contributed by atoms with Gasteiger partial charge in [-0.3, -0.25) is 4.79 Å². The smallest absolute Gasteiger partial charge is 0.255 e. The average Bonchev–Trinajstić information content (AvgIpc) is 2.73. The molecule has 156 valence electrons. The molecule has 1 N–H and O–H groups in total. The van der Waals surface area contributed by atoms with Crippen molar-refractivity contribution in [2.75, 3.05) is 34.9 Å². The Kier molecular flexibility index (Phi) is 7.57. The maximum absolute atomic E-state index is 12.6. The van der Waals surface area contributed by atoms with Crippen molar-refractivity contribution < 1.29 is 27.4 Å². The topological polar surface area (TPSA) is 107 Å². The van der Waals surface area contributed by atoms with Gasteiger partial charge in [0.25, 0.3) is 5.91 Å². The zero-order valence-corrected chi connectivity index (χ0v) is 17.4. The van der Waals surface area contributed by atoms with Crippen LogP contribution in [0.5, 0.6) is 17.2 Å². The molecule has 0 saturated heterocycles. The van der Waals surface area contributed by atoms with E-state index in [9.17, 15) is 13.2 Å². The summed E-state index contributed by atoms with van der Waals surface area (Å²) >= 11 is 0. The first-order valence-corrected chi connectivity index (χ1v) is 9.90. The van der Waals surface area contributed by atoms with Crippen LogP contribution in [0.3, 0.4) is 0 Å². The van der Waals surface area contributed by atoms with Crippen molar-refractivity contribution in [3.8, 4) is 17.2 Å². The molecule has 0 radical (unpaired) electrons. The van der Waals surface area contributed by atoms with Crippen molar-refractivity contribution in [1.82, 2.24) is 9.73 Å². The van der Waals surface area contributed by atoms with Crippen molar-refractivity contribution in [3.05, 3.63) is 48.0 Å². The summed E-state index contributed by atoms with van der Waals surface area (Å²) in [7, 11) is 2.02. The Morgan fingerprint density at radius 3 is 2.24 bits per heavy atom. The molecule has 0 aliphatic heterocycles. The Balaban J connectivity index is 2.02. The molecule has 0 aliphatic carbocycles. The van der Waals surface area contributed by atoms with Gasteiger partial charge in [0.15, 0.2) is 0 Å². The molecule has 10 heteroatoms. The number of carbonyl (C=O) groups excluding carboxylic acids is 1. The van der Waals surface area contributed by atoms with Gasteiger partial charge in [-0.2, -0.15) is 9.41 Å². The van der Waals surface area contributed by atoms with Gasteiger partial charge in [-0.25, -0.2) is 13.8 Å². The van der Waals surface area contributed by atoms with Crippen molar-refractivity contribution >= 4 is 22.1 Å². The highest BCUT2D eigenvalue weighted by Gasteiger charge is 2.22. The first kappa shape index (κ1) is 22.2. The number of carbonyl (C=O) groups is 1. The van der Waals surface area contributed by atoms with E-state index in [1.807, 2.05) is 0 Å². The summed E-state index contributed by atoms with van der Waals surface area (Å²) in [6, 6.07) is 11.0. The molecular formula is C19H23N3O6S. The van der Waals surface area contributed by atoms with E-state index in [1.54, 1.807) is 18.2 Å². The number of benzene rings is 2. The van der Waals surface area contributed by atoms with Gasteiger partial charge in [-0.05, 0) is 42.5 Å². The van der Waals surface area contributed by atoms with Crippen LogP contribution >= 0.6 is 0 Å². The second kappa shape index (κ2) is 9.89. The molecule has 2 aromatic rings. The lowest BCUT2D eigenvalue weighted by atomic mass is 10.2. The van der Waals surface area contributed by atoms with Gasteiger partial charge in [0, 0.05) is 12.6 Å². The van der Waals surface area contributed by atoms with Crippen LogP contribution in [0.4, 0.5) is 0 Å². The quantitative estimate of drug-likeness (QED) is 0.486. The Hall–Kier alpha value is -3.11. The fourth-order valence-electron chi connectivity index (χ4n) is 2.36. The normalized spacial score (nSPS) is 11.5. The molecule has 2 rings (SSSR count). The molecule has 1 amide bonds. The minimum Gasteiger partial charge on any atom is -0.497 e. The number of hydrogen-bond donors (Lipinski definition) is 1. The van der Waals surface area contributed by atoms with Gasteiger partial charge < -0.3 is 14.2 Å².